The van der Waals surface area contributed by atoms with Gasteiger partial charge in [-0.05, 0) is 18.2 Å². The first kappa shape index (κ1) is 14.1. The largest absolute Gasteiger partial charge is 0.430 e. The molecule has 21 heavy (non-hydrogen) atoms. The van der Waals surface area contributed by atoms with Crippen molar-refractivity contribution in [3.05, 3.63) is 52.0 Å². The van der Waals surface area contributed by atoms with Crippen LogP contribution in [0.2, 0.25) is 0 Å². The Bertz CT molecular complexity index is 722. The molecule has 0 amide bonds. The first-order valence-corrected chi connectivity index (χ1v) is 5.44. The second-order valence-electron chi connectivity index (χ2n) is 3.71. The van der Waals surface area contributed by atoms with Gasteiger partial charge in [0.2, 0.25) is 11.6 Å². The molecule has 0 aliphatic rings. The number of halogens is 1. The average Bonchev–Trinajstić information content (AvgIpc) is 2.48. The van der Waals surface area contributed by atoms with Crippen LogP contribution in [0.15, 0.2) is 35.6 Å². The minimum atomic E-state index is -0.808. The van der Waals surface area contributed by atoms with Gasteiger partial charge in [-0.25, -0.2) is 4.39 Å². The quantitative estimate of drug-likeness (QED) is 0.286. The van der Waals surface area contributed by atoms with E-state index in [9.17, 15) is 14.5 Å². The van der Waals surface area contributed by atoms with Crippen LogP contribution < -0.4 is 10.5 Å². The zero-order valence-electron chi connectivity index (χ0n) is 10.3. The van der Waals surface area contributed by atoms with Crippen LogP contribution in [-0.2, 0) is 0 Å². The number of nitro benzene ring substituents is 1. The Morgan fingerprint density at radius 2 is 2.24 bits per heavy atom. The topological polar surface area (TPSA) is 137 Å². The van der Waals surface area contributed by atoms with Crippen LogP contribution >= 0.6 is 0 Å². The zero-order valence-corrected chi connectivity index (χ0v) is 10.3. The van der Waals surface area contributed by atoms with E-state index in [0.29, 0.717) is 6.07 Å². The molecule has 9 nitrogen and oxygen atoms in total. The van der Waals surface area contributed by atoms with E-state index in [4.69, 9.17) is 15.7 Å². The molecule has 1 aromatic heterocycles. The standard InChI is InChI=1S/C11H8FN5O4/c12-6-1-2-9(8(5-6)17(19)20)21-11-7(10(13)16-18)3-4-14-15-11/h1-5,18H,(H2,13,16). The van der Waals surface area contributed by atoms with E-state index in [2.05, 4.69) is 15.4 Å². The Morgan fingerprint density at radius 1 is 1.48 bits per heavy atom. The number of hydrogen-bond donors (Lipinski definition) is 2. The van der Waals surface area contributed by atoms with E-state index < -0.39 is 16.4 Å². The average molecular weight is 293 g/mol. The highest BCUT2D eigenvalue weighted by Gasteiger charge is 2.20. The number of nitrogens with zero attached hydrogens (tertiary/aromatic N) is 4. The number of oxime groups is 1. The predicted molar refractivity (Wildman–Crippen MR) is 67.7 cm³/mol. The summed E-state index contributed by atoms with van der Waals surface area (Å²) >= 11 is 0. The highest BCUT2D eigenvalue weighted by molar-refractivity contribution is 5.98. The van der Waals surface area contributed by atoms with Gasteiger partial charge >= 0.3 is 5.69 Å². The molecular weight excluding hydrogens is 285 g/mol. The molecular formula is C11H8FN5O4. The molecule has 10 heteroatoms. The van der Waals surface area contributed by atoms with Crippen LogP contribution in [0, 0.1) is 15.9 Å². The summed E-state index contributed by atoms with van der Waals surface area (Å²) in [5, 5.41) is 29.5. The van der Waals surface area contributed by atoms with Gasteiger partial charge in [0.05, 0.1) is 22.7 Å². The fourth-order valence-corrected chi connectivity index (χ4v) is 1.47. The molecule has 1 heterocycles. The Balaban J connectivity index is 2.46. The number of hydrogen-bond acceptors (Lipinski definition) is 7. The van der Waals surface area contributed by atoms with Gasteiger partial charge in [0.1, 0.15) is 5.82 Å². The van der Waals surface area contributed by atoms with Gasteiger partial charge in [-0.2, -0.15) is 5.10 Å². The van der Waals surface area contributed by atoms with Gasteiger partial charge in [0, 0.05) is 0 Å². The monoisotopic (exact) mass is 293 g/mol. The summed E-state index contributed by atoms with van der Waals surface area (Å²) in [4.78, 5) is 10.1. The van der Waals surface area contributed by atoms with Crippen molar-refractivity contribution < 1.29 is 19.3 Å². The lowest BCUT2D eigenvalue weighted by Crippen LogP contribution is -2.15. The number of rotatable bonds is 4. The van der Waals surface area contributed by atoms with Crippen LogP contribution in [0.5, 0.6) is 11.6 Å². The lowest BCUT2D eigenvalue weighted by molar-refractivity contribution is -0.385. The van der Waals surface area contributed by atoms with Crippen LogP contribution in [0.3, 0.4) is 0 Å². The van der Waals surface area contributed by atoms with Gasteiger partial charge in [-0.1, -0.05) is 5.16 Å². The Labute approximate surface area is 116 Å². The van der Waals surface area contributed by atoms with E-state index in [1.54, 1.807) is 0 Å². The third-order valence-corrected chi connectivity index (χ3v) is 2.39. The van der Waals surface area contributed by atoms with Gasteiger partial charge < -0.3 is 15.7 Å². The third kappa shape index (κ3) is 3.00. The molecule has 2 rings (SSSR count). The molecule has 0 saturated carbocycles. The van der Waals surface area contributed by atoms with Crippen LogP contribution in [-0.4, -0.2) is 26.2 Å². The second-order valence-corrected chi connectivity index (χ2v) is 3.71. The number of benzene rings is 1. The zero-order chi connectivity index (χ0) is 15.4. The summed E-state index contributed by atoms with van der Waals surface area (Å²) in [5.41, 5.74) is 4.91. The predicted octanol–water partition coefficient (Wildman–Crippen LogP) is 1.41. The number of nitrogens with two attached hydrogens (primary N) is 1. The number of aromatic nitrogens is 2. The van der Waals surface area contributed by atoms with Crippen molar-refractivity contribution in [3.8, 4) is 11.6 Å². The highest BCUT2D eigenvalue weighted by atomic mass is 19.1. The van der Waals surface area contributed by atoms with E-state index in [-0.39, 0.29) is 23.0 Å². The number of nitro groups is 1. The smallest absolute Gasteiger partial charge is 0.314 e. The molecule has 0 aliphatic carbocycles. The molecule has 0 fully saturated rings. The lowest BCUT2D eigenvalue weighted by Gasteiger charge is -2.08. The highest BCUT2D eigenvalue weighted by Crippen LogP contribution is 2.32. The van der Waals surface area contributed by atoms with Crippen molar-refractivity contribution >= 4 is 11.5 Å². The molecule has 0 atom stereocenters. The van der Waals surface area contributed by atoms with Crippen molar-refractivity contribution in [2.75, 3.05) is 0 Å². The van der Waals surface area contributed by atoms with E-state index in [1.165, 1.54) is 12.3 Å². The molecule has 0 unspecified atom stereocenters. The summed E-state index contributed by atoms with van der Waals surface area (Å²) in [6.07, 6.45) is 1.26. The lowest BCUT2D eigenvalue weighted by atomic mass is 10.2. The first-order valence-electron chi connectivity index (χ1n) is 5.44. The Hall–Kier alpha value is -3.30. The molecule has 0 saturated heterocycles. The molecule has 0 spiro atoms. The Morgan fingerprint density at radius 3 is 2.90 bits per heavy atom. The number of ether oxygens (including phenoxy) is 1. The summed E-state index contributed by atoms with van der Waals surface area (Å²) in [6, 6.07) is 4.10. The fraction of sp³-hybridized carbons (Fsp3) is 0. The molecule has 1 aromatic carbocycles. The summed E-state index contributed by atoms with van der Waals surface area (Å²) < 4.78 is 18.3. The van der Waals surface area contributed by atoms with Crippen LogP contribution in [0.1, 0.15) is 5.56 Å². The van der Waals surface area contributed by atoms with Crippen LogP contribution in [0.25, 0.3) is 0 Å². The van der Waals surface area contributed by atoms with Gasteiger partial charge in [0.25, 0.3) is 0 Å². The van der Waals surface area contributed by atoms with E-state index >= 15 is 0 Å². The molecule has 0 bridgehead atoms. The number of amidine groups is 1. The maximum atomic E-state index is 13.0. The summed E-state index contributed by atoms with van der Waals surface area (Å²) in [5.74, 6) is -1.58. The Kier molecular flexibility index (Phi) is 3.88. The van der Waals surface area contributed by atoms with Crippen molar-refractivity contribution in [2.24, 2.45) is 10.9 Å². The maximum Gasteiger partial charge on any atom is 0.314 e. The fourth-order valence-electron chi connectivity index (χ4n) is 1.47. The van der Waals surface area contributed by atoms with E-state index in [1.807, 2.05) is 0 Å². The molecule has 108 valence electrons. The third-order valence-electron chi connectivity index (χ3n) is 2.39. The van der Waals surface area contributed by atoms with Gasteiger partial charge in [0.15, 0.2) is 5.84 Å². The van der Waals surface area contributed by atoms with Gasteiger partial charge in [-0.15, -0.1) is 5.10 Å². The maximum absolute atomic E-state index is 13.0. The SMILES string of the molecule is N/C(=N/O)c1ccnnc1Oc1ccc(F)cc1[N+](=O)[O-]. The molecule has 0 radical (unpaired) electrons. The molecule has 2 aromatic rings. The minimum absolute atomic E-state index is 0.0751. The second kappa shape index (κ2) is 5.77. The van der Waals surface area contributed by atoms with Crippen LogP contribution in [0.4, 0.5) is 10.1 Å². The van der Waals surface area contributed by atoms with Gasteiger partial charge in [-0.3, -0.25) is 10.1 Å². The van der Waals surface area contributed by atoms with Crippen molar-refractivity contribution in [1.82, 2.24) is 10.2 Å². The summed E-state index contributed by atoms with van der Waals surface area (Å²) in [6.45, 7) is 0. The normalized spacial score (nSPS) is 11.2. The van der Waals surface area contributed by atoms with Crippen molar-refractivity contribution in [3.63, 3.8) is 0 Å². The molecule has 3 N–H and O–H groups in total. The summed E-state index contributed by atoms with van der Waals surface area (Å²) in [7, 11) is 0. The van der Waals surface area contributed by atoms with Crippen molar-refractivity contribution in [2.45, 2.75) is 0 Å². The first-order chi connectivity index (χ1) is 10.0. The minimum Gasteiger partial charge on any atom is -0.430 e. The van der Waals surface area contributed by atoms with Crippen molar-refractivity contribution in [1.29, 1.82) is 0 Å². The molecule has 0 aliphatic heterocycles. The van der Waals surface area contributed by atoms with E-state index in [0.717, 1.165) is 12.1 Å².